The maximum Gasteiger partial charge on any atom is 0.214 e. The van der Waals surface area contributed by atoms with Gasteiger partial charge in [-0.2, -0.15) is 0 Å². The van der Waals surface area contributed by atoms with Crippen LogP contribution < -0.4 is 4.90 Å². The van der Waals surface area contributed by atoms with Gasteiger partial charge in [0.05, 0.1) is 5.69 Å². The first-order valence-corrected chi connectivity index (χ1v) is 9.31. The molecule has 2 heterocycles. The Labute approximate surface area is 162 Å². The number of piperidine rings is 1. The summed E-state index contributed by atoms with van der Waals surface area (Å²) in [4.78, 5) is 31.7. The van der Waals surface area contributed by atoms with Crippen LogP contribution in [0.2, 0.25) is 5.15 Å². The van der Waals surface area contributed by atoms with E-state index in [0.29, 0.717) is 29.5 Å². The molecule has 1 amide bonds. The number of hydrogen-bond acceptors (Lipinski definition) is 4. The first-order valence-electron chi connectivity index (χ1n) is 8.93. The van der Waals surface area contributed by atoms with Gasteiger partial charge in [-0.15, -0.1) is 0 Å². The Morgan fingerprint density at radius 2 is 1.96 bits per heavy atom. The molecule has 0 saturated carbocycles. The van der Waals surface area contributed by atoms with Crippen LogP contribution in [0.4, 0.5) is 10.1 Å². The molecule has 0 unspecified atom stereocenters. The summed E-state index contributed by atoms with van der Waals surface area (Å²) in [6.45, 7) is 2.77. The zero-order valence-electron chi connectivity index (χ0n) is 14.9. The van der Waals surface area contributed by atoms with E-state index in [1.54, 1.807) is 35.4 Å². The van der Waals surface area contributed by atoms with Crippen molar-refractivity contribution in [2.45, 2.75) is 12.8 Å². The molecule has 1 aromatic heterocycles. The number of Topliss-reactive ketones (excluding diaryl/α,β-unsaturated/α-hetero) is 1. The second-order valence-corrected chi connectivity index (χ2v) is 6.96. The Bertz CT molecular complexity index is 792. The van der Waals surface area contributed by atoms with Crippen LogP contribution in [0, 0.1) is 11.7 Å². The monoisotopic (exact) mass is 389 g/mol. The largest absolute Gasteiger partial charge is 0.311 e. The Balaban J connectivity index is 1.50. The third kappa shape index (κ3) is 4.90. The minimum atomic E-state index is -0.338. The molecule has 3 rings (SSSR count). The predicted octanol–water partition coefficient (Wildman–Crippen LogP) is 3.43. The fourth-order valence-electron chi connectivity index (χ4n) is 3.34. The van der Waals surface area contributed by atoms with Gasteiger partial charge >= 0.3 is 0 Å². The molecule has 1 fully saturated rings. The van der Waals surface area contributed by atoms with Gasteiger partial charge in [0.1, 0.15) is 5.82 Å². The number of halogens is 2. The highest BCUT2D eigenvalue weighted by Gasteiger charge is 2.26. The smallest absolute Gasteiger partial charge is 0.214 e. The molecule has 0 aliphatic carbocycles. The van der Waals surface area contributed by atoms with Crippen molar-refractivity contribution in [3.05, 3.63) is 59.1 Å². The topological polar surface area (TPSA) is 53.5 Å². The summed E-state index contributed by atoms with van der Waals surface area (Å²) in [5, 5.41) is 0.299. The lowest BCUT2D eigenvalue weighted by Gasteiger charge is -2.32. The van der Waals surface area contributed by atoms with Crippen LogP contribution in [0.1, 0.15) is 23.2 Å². The van der Waals surface area contributed by atoms with Crippen LogP contribution in [0.25, 0.3) is 0 Å². The number of likely N-dealkylation sites (tertiary alicyclic amines) is 1. The van der Waals surface area contributed by atoms with Gasteiger partial charge in [0.15, 0.2) is 10.9 Å². The number of carbonyl (C=O) groups is 2. The molecule has 5 nitrogen and oxygen atoms in total. The zero-order valence-corrected chi connectivity index (χ0v) is 15.6. The van der Waals surface area contributed by atoms with E-state index >= 15 is 0 Å². The highest BCUT2D eigenvalue weighted by Crippen LogP contribution is 2.24. The number of carbonyl (C=O) groups excluding carboxylic acids is 2. The molecule has 27 heavy (non-hydrogen) atoms. The maximum atomic E-state index is 13.0. The summed E-state index contributed by atoms with van der Waals surface area (Å²) < 4.78 is 13.0. The first kappa shape index (κ1) is 19.5. The SMILES string of the molecule is O=CN(CCN1CCC(C(=O)c2ccc(F)cc2)CC1)c1cccnc1Cl. The number of rotatable bonds is 7. The van der Waals surface area contributed by atoms with E-state index in [2.05, 4.69) is 9.88 Å². The minimum Gasteiger partial charge on any atom is -0.311 e. The van der Waals surface area contributed by atoms with Gasteiger partial charge in [0.2, 0.25) is 6.41 Å². The lowest BCUT2D eigenvalue weighted by atomic mass is 9.89. The Morgan fingerprint density at radius 1 is 1.26 bits per heavy atom. The lowest BCUT2D eigenvalue weighted by Crippen LogP contribution is -2.41. The Hall–Kier alpha value is -2.31. The molecule has 142 valence electrons. The van der Waals surface area contributed by atoms with Crippen molar-refractivity contribution >= 4 is 29.5 Å². The quantitative estimate of drug-likeness (QED) is 0.413. The molecule has 0 atom stereocenters. The van der Waals surface area contributed by atoms with E-state index in [0.717, 1.165) is 32.3 Å². The van der Waals surface area contributed by atoms with Gasteiger partial charge in [0.25, 0.3) is 0 Å². The van der Waals surface area contributed by atoms with Gasteiger partial charge in [-0.25, -0.2) is 9.37 Å². The van der Waals surface area contributed by atoms with Gasteiger partial charge in [0, 0.05) is 30.8 Å². The van der Waals surface area contributed by atoms with Crippen molar-refractivity contribution < 1.29 is 14.0 Å². The number of anilines is 1. The van der Waals surface area contributed by atoms with Crippen LogP contribution in [0.5, 0.6) is 0 Å². The first-order chi connectivity index (χ1) is 13.1. The second kappa shape index (κ2) is 9.06. The van der Waals surface area contributed by atoms with E-state index in [1.165, 1.54) is 12.1 Å². The molecule has 1 aliphatic rings. The van der Waals surface area contributed by atoms with E-state index in [4.69, 9.17) is 11.6 Å². The number of aromatic nitrogens is 1. The fourth-order valence-corrected chi connectivity index (χ4v) is 3.57. The van der Waals surface area contributed by atoms with Gasteiger partial charge in [-0.3, -0.25) is 9.59 Å². The third-order valence-corrected chi connectivity index (χ3v) is 5.21. The summed E-state index contributed by atoms with van der Waals surface area (Å²) >= 11 is 6.05. The third-order valence-electron chi connectivity index (χ3n) is 4.92. The van der Waals surface area contributed by atoms with Crippen LogP contribution in [-0.2, 0) is 4.79 Å². The molecule has 2 aromatic rings. The number of benzene rings is 1. The van der Waals surface area contributed by atoms with E-state index in [1.807, 2.05) is 0 Å². The maximum absolute atomic E-state index is 13.0. The Kier molecular flexibility index (Phi) is 6.53. The van der Waals surface area contributed by atoms with E-state index < -0.39 is 0 Å². The number of nitrogens with zero attached hydrogens (tertiary/aromatic N) is 3. The van der Waals surface area contributed by atoms with Gasteiger partial charge in [-0.05, 0) is 62.3 Å². The second-order valence-electron chi connectivity index (χ2n) is 6.60. The van der Waals surface area contributed by atoms with E-state index in [-0.39, 0.29) is 17.5 Å². The normalized spacial score (nSPS) is 15.5. The summed E-state index contributed by atoms with van der Waals surface area (Å²) in [5.41, 5.74) is 1.16. The molecule has 0 radical (unpaired) electrons. The Morgan fingerprint density at radius 3 is 2.59 bits per heavy atom. The number of pyridine rings is 1. The molecular weight excluding hydrogens is 369 g/mol. The van der Waals surface area contributed by atoms with E-state index in [9.17, 15) is 14.0 Å². The molecule has 0 N–H and O–H groups in total. The lowest BCUT2D eigenvalue weighted by molar-refractivity contribution is -0.107. The molecule has 0 spiro atoms. The van der Waals surface area contributed by atoms with Crippen molar-refractivity contribution in [1.82, 2.24) is 9.88 Å². The summed E-state index contributed by atoms with van der Waals surface area (Å²) in [6, 6.07) is 9.23. The fraction of sp³-hybridized carbons (Fsp3) is 0.350. The number of hydrogen-bond donors (Lipinski definition) is 0. The van der Waals surface area contributed by atoms with Crippen molar-refractivity contribution in [3.63, 3.8) is 0 Å². The molecule has 1 saturated heterocycles. The molecule has 0 bridgehead atoms. The standard InChI is InChI=1S/C20H21ClFN3O2/c21-20-18(2-1-9-23-20)25(14-26)13-12-24-10-7-16(8-11-24)19(27)15-3-5-17(22)6-4-15/h1-6,9,14,16H,7-8,10-13H2. The molecule has 7 heteroatoms. The van der Waals surface area contributed by atoms with Crippen molar-refractivity contribution in [1.29, 1.82) is 0 Å². The van der Waals surface area contributed by atoms with Gasteiger partial charge in [-0.1, -0.05) is 11.6 Å². The summed E-state index contributed by atoms with van der Waals surface area (Å²) in [6.07, 6.45) is 3.85. The predicted molar refractivity (Wildman–Crippen MR) is 103 cm³/mol. The zero-order chi connectivity index (χ0) is 19.2. The van der Waals surface area contributed by atoms with Crippen LogP contribution in [0.3, 0.4) is 0 Å². The number of amides is 1. The summed E-state index contributed by atoms with van der Waals surface area (Å²) in [7, 11) is 0. The van der Waals surface area contributed by atoms with Crippen LogP contribution in [0.15, 0.2) is 42.6 Å². The van der Waals surface area contributed by atoms with Crippen molar-refractivity contribution in [2.24, 2.45) is 5.92 Å². The van der Waals surface area contributed by atoms with Gasteiger partial charge < -0.3 is 9.80 Å². The average molecular weight is 390 g/mol. The highest BCUT2D eigenvalue weighted by molar-refractivity contribution is 6.32. The number of ketones is 1. The van der Waals surface area contributed by atoms with Crippen molar-refractivity contribution in [3.8, 4) is 0 Å². The average Bonchev–Trinajstić information content (AvgIpc) is 2.70. The molecular formula is C20H21ClFN3O2. The highest BCUT2D eigenvalue weighted by atomic mass is 35.5. The summed E-state index contributed by atoms with van der Waals surface area (Å²) in [5.74, 6) is -0.303. The molecule has 1 aromatic carbocycles. The minimum absolute atomic E-state index is 0.0401. The van der Waals surface area contributed by atoms with Crippen molar-refractivity contribution in [2.75, 3.05) is 31.1 Å². The van der Waals surface area contributed by atoms with Crippen LogP contribution >= 0.6 is 11.6 Å². The van der Waals surface area contributed by atoms with Crippen LogP contribution in [-0.4, -0.2) is 48.3 Å². The molecule has 1 aliphatic heterocycles.